The molecule has 2 fully saturated rings. The molecule has 2 heteroatoms. The maximum Gasteiger partial charge on any atom is 0.0472 e. The zero-order valence-electron chi connectivity index (χ0n) is 15.7. The molecule has 2 aromatic rings. The Bertz CT molecular complexity index is 716. The molecule has 132 valence electrons. The molecule has 0 N–H and O–H groups in total. The number of aryl methyl sites for hydroxylation is 1. The average molecular weight is 335 g/mol. The molecule has 2 aliphatic rings. The van der Waals surface area contributed by atoms with Gasteiger partial charge in [-0.2, -0.15) is 0 Å². The van der Waals surface area contributed by atoms with Crippen molar-refractivity contribution < 1.29 is 4.74 Å². The molecule has 2 aliphatic heterocycles. The van der Waals surface area contributed by atoms with E-state index in [2.05, 4.69) is 74.2 Å². The van der Waals surface area contributed by atoms with Gasteiger partial charge in [0.05, 0.1) is 0 Å². The molecule has 4 rings (SSSR count). The summed E-state index contributed by atoms with van der Waals surface area (Å²) in [5, 5.41) is 0. The van der Waals surface area contributed by atoms with E-state index < -0.39 is 0 Å². The van der Waals surface area contributed by atoms with E-state index in [4.69, 9.17) is 4.74 Å². The highest BCUT2D eigenvalue weighted by molar-refractivity contribution is 5.53. The van der Waals surface area contributed by atoms with Crippen molar-refractivity contribution in [2.24, 2.45) is 5.41 Å². The largest absolute Gasteiger partial charge is 0.381 e. The van der Waals surface area contributed by atoms with Crippen LogP contribution in [0.3, 0.4) is 0 Å². The SMILES string of the molecule is Cc1ccc(C(C)(C)c2ccc(N3CC4(CCOCC4)C3)cc2)cc1. The van der Waals surface area contributed by atoms with Crippen molar-refractivity contribution in [3.05, 3.63) is 65.2 Å². The van der Waals surface area contributed by atoms with Gasteiger partial charge in [0, 0.05) is 42.8 Å². The Kier molecular flexibility index (Phi) is 4.11. The Morgan fingerprint density at radius 3 is 1.92 bits per heavy atom. The van der Waals surface area contributed by atoms with Crippen LogP contribution in [0.5, 0.6) is 0 Å². The lowest BCUT2D eigenvalue weighted by molar-refractivity contribution is -0.000192. The van der Waals surface area contributed by atoms with E-state index in [1.54, 1.807) is 0 Å². The number of ether oxygens (including phenoxy) is 1. The summed E-state index contributed by atoms with van der Waals surface area (Å²) in [6.45, 7) is 11.0. The number of nitrogens with zero attached hydrogens (tertiary/aromatic N) is 1. The minimum Gasteiger partial charge on any atom is -0.381 e. The maximum atomic E-state index is 5.53. The summed E-state index contributed by atoms with van der Waals surface area (Å²) in [5.41, 5.74) is 5.98. The van der Waals surface area contributed by atoms with E-state index in [9.17, 15) is 0 Å². The first kappa shape index (κ1) is 16.7. The van der Waals surface area contributed by atoms with E-state index in [1.807, 2.05) is 0 Å². The van der Waals surface area contributed by atoms with Crippen LogP contribution < -0.4 is 4.90 Å². The summed E-state index contributed by atoms with van der Waals surface area (Å²) in [5.74, 6) is 0. The van der Waals surface area contributed by atoms with Crippen LogP contribution in [0.4, 0.5) is 5.69 Å². The van der Waals surface area contributed by atoms with Crippen molar-refractivity contribution in [3.63, 3.8) is 0 Å². The minimum atomic E-state index is 0.0309. The summed E-state index contributed by atoms with van der Waals surface area (Å²) in [7, 11) is 0. The highest BCUT2D eigenvalue weighted by Gasteiger charge is 2.43. The Hall–Kier alpha value is -1.80. The molecule has 0 saturated carbocycles. The van der Waals surface area contributed by atoms with Crippen LogP contribution in [-0.4, -0.2) is 26.3 Å². The molecule has 2 aromatic carbocycles. The summed E-state index contributed by atoms with van der Waals surface area (Å²) >= 11 is 0. The Morgan fingerprint density at radius 2 is 1.36 bits per heavy atom. The van der Waals surface area contributed by atoms with Crippen molar-refractivity contribution in [3.8, 4) is 0 Å². The summed E-state index contributed by atoms with van der Waals surface area (Å²) in [4.78, 5) is 2.52. The third-order valence-corrected chi connectivity index (χ3v) is 6.33. The molecule has 2 saturated heterocycles. The van der Waals surface area contributed by atoms with Gasteiger partial charge in [0.25, 0.3) is 0 Å². The van der Waals surface area contributed by atoms with Crippen LogP contribution in [0.1, 0.15) is 43.4 Å². The monoisotopic (exact) mass is 335 g/mol. The van der Waals surface area contributed by atoms with E-state index in [1.165, 1.54) is 48.3 Å². The molecule has 0 aromatic heterocycles. The lowest BCUT2D eigenvalue weighted by Gasteiger charge is -2.53. The van der Waals surface area contributed by atoms with Gasteiger partial charge in [-0.25, -0.2) is 0 Å². The second-order valence-corrected chi connectivity index (χ2v) is 8.51. The predicted molar refractivity (Wildman–Crippen MR) is 104 cm³/mol. The predicted octanol–water partition coefficient (Wildman–Crippen LogP) is 4.94. The average Bonchev–Trinajstić information content (AvgIpc) is 2.61. The molecular weight excluding hydrogens is 306 g/mol. The smallest absolute Gasteiger partial charge is 0.0472 e. The topological polar surface area (TPSA) is 12.5 Å². The number of benzene rings is 2. The Balaban J connectivity index is 1.48. The van der Waals surface area contributed by atoms with Crippen LogP contribution in [0.15, 0.2) is 48.5 Å². The molecule has 0 unspecified atom stereocenters. The van der Waals surface area contributed by atoms with Crippen molar-refractivity contribution in [1.29, 1.82) is 0 Å². The van der Waals surface area contributed by atoms with Crippen molar-refractivity contribution >= 4 is 5.69 Å². The molecular formula is C23H29NO. The molecule has 0 radical (unpaired) electrons. The molecule has 0 atom stereocenters. The van der Waals surface area contributed by atoms with Crippen molar-refractivity contribution in [2.75, 3.05) is 31.2 Å². The van der Waals surface area contributed by atoms with E-state index in [-0.39, 0.29) is 5.41 Å². The number of anilines is 1. The summed E-state index contributed by atoms with van der Waals surface area (Å²) in [6, 6.07) is 18.2. The first-order valence-electron chi connectivity index (χ1n) is 9.49. The zero-order chi connectivity index (χ0) is 17.5. The first-order chi connectivity index (χ1) is 12.0. The Labute approximate surface area is 151 Å². The van der Waals surface area contributed by atoms with Gasteiger partial charge in [-0.05, 0) is 43.0 Å². The van der Waals surface area contributed by atoms with Gasteiger partial charge >= 0.3 is 0 Å². The summed E-state index contributed by atoms with van der Waals surface area (Å²) < 4.78 is 5.53. The minimum absolute atomic E-state index is 0.0309. The van der Waals surface area contributed by atoms with E-state index in [0.717, 1.165) is 13.2 Å². The fourth-order valence-corrected chi connectivity index (χ4v) is 4.29. The third-order valence-electron chi connectivity index (χ3n) is 6.33. The van der Waals surface area contributed by atoms with Gasteiger partial charge in [0.2, 0.25) is 0 Å². The lowest BCUT2D eigenvalue weighted by atomic mass is 9.73. The van der Waals surface area contributed by atoms with Gasteiger partial charge in [-0.3, -0.25) is 0 Å². The fourth-order valence-electron chi connectivity index (χ4n) is 4.29. The second kappa shape index (κ2) is 6.17. The van der Waals surface area contributed by atoms with Crippen LogP contribution in [0, 0.1) is 12.3 Å². The van der Waals surface area contributed by atoms with Crippen molar-refractivity contribution in [1.82, 2.24) is 0 Å². The normalized spacial score (nSPS) is 19.7. The first-order valence-corrected chi connectivity index (χ1v) is 9.49. The number of rotatable bonds is 3. The fraction of sp³-hybridized carbons (Fsp3) is 0.478. The quantitative estimate of drug-likeness (QED) is 0.788. The van der Waals surface area contributed by atoms with Gasteiger partial charge < -0.3 is 9.64 Å². The molecule has 0 amide bonds. The lowest BCUT2D eigenvalue weighted by Crippen LogP contribution is -2.58. The van der Waals surface area contributed by atoms with Crippen LogP contribution in [0.2, 0.25) is 0 Å². The van der Waals surface area contributed by atoms with Gasteiger partial charge in [-0.1, -0.05) is 55.8 Å². The van der Waals surface area contributed by atoms with Gasteiger partial charge in [0.15, 0.2) is 0 Å². The van der Waals surface area contributed by atoms with Gasteiger partial charge in [-0.15, -0.1) is 0 Å². The molecule has 25 heavy (non-hydrogen) atoms. The zero-order valence-corrected chi connectivity index (χ0v) is 15.7. The van der Waals surface area contributed by atoms with Crippen LogP contribution in [-0.2, 0) is 10.2 Å². The molecule has 0 aliphatic carbocycles. The molecule has 2 nitrogen and oxygen atoms in total. The second-order valence-electron chi connectivity index (χ2n) is 8.51. The van der Waals surface area contributed by atoms with Crippen molar-refractivity contribution in [2.45, 2.75) is 39.0 Å². The highest BCUT2D eigenvalue weighted by Crippen LogP contribution is 2.42. The summed E-state index contributed by atoms with van der Waals surface area (Å²) in [6.07, 6.45) is 2.45. The van der Waals surface area contributed by atoms with Gasteiger partial charge in [0.1, 0.15) is 0 Å². The third kappa shape index (κ3) is 3.08. The standard InChI is InChI=1S/C23H29NO/c1-18-4-6-19(7-5-18)22(2,3)20-8-10-21(11-9-20)24-16-23(17-24)12-14-25-15-13-23/h4-11H,12-17H2,1-3H3. The van der Waals surface area contributed by atoms with E-state index in [0.29, 0.717) is 5.41 Å². The Morgan fingerprint density at radius 1 is 0.840 bits per heavy atom. The maximum absolute atomic E-state index is 5.53. The number of hydrogen-bond donors (Lipinski definition) is 0. The highest BCUT2D eigenvalue weighted by atomic mass is 16.5. The molecule has 2 heterocycles. The van der Waals surface area contributed by atoms with Crippen LogP contribution in [0.25, 0.3) is 0 Å². The molecule has 0 bridgehead atoms. The van der Waals surface area contributed by atoms with Crippen LogP contribution >= 0.6 is 0 Å². The molecule has 1 spiro atoms. The van der Waals surface area contributed by atoms with E-state index >= 15 is 0 Å². The number of hydrogen-bond acceptors (Lipinski definition) is 2.